The number of hydrogen-bond acceptors (Lipinski definition) is 4. The Morgan fingerprint density at radius 1 is 0.784 bits per heavy atom. The minimum atomic E-state index is 0.716. The van der Waals surface area contributed by atoms with Gasteiger partial charge in [0.15, 0.2) is 5.52 Å². The van der Waals surface area contributed by atoms with E-state index in [1.807, 2.05) is 18.5 Å². The lowest BCUT2D eigenvalue weighted by molar-refractivity contribution is 0.428. The summed E-state index contributed by atoms with van der Waals surface area (Å²) in [6.45, 7) is 2.00. The van der Waals surface area contributed by atoms with Gasteiger partial charge in [0.2, 0.25) is 0 Å². The third kappa shape index (κ3) is 2.79. The molecule has 0 aliphatic carbocycles. The fourth-order valence-corrected chi connectivity index (χ4v) is 5.68. The van der Waals surface area contributed by atoms with Crippen LogP contribution >= 0.6 is 0 Å². The predicted octanol–water partition coefficient (Wildman–Crippen LogP) is 6.36. The van der Waals surface area contributed by atoms with E-state index in [2.05, 4.69) is 93.2 Å². The van der Waals surface area contributed by atoms with Crippen molar-refractivity contribution in [3.05, 3.63) is 102 Å². The quantitative estimate of drug-likeness (QED) is 0.294. The number of rotatable bonds is 3. The number of para-hydroxylation sites is 2. The SMILES string of the molecule is Cc1nc2c3nocc3n3nc(Cc4ccc5c(c4)c4ccccc4n5-c4ccccc4)cc3c2n1C. The van der Waals surface area contributed by atoms with Gasteiger partial charge in [0, 0.05) is 29.9 Å². The third-order valence-electron chi connectivity index (χ3n) is 7.46. The standard InChI is InChI=1S/C30H22N6O/c1-18-31-29-28-27(17-37-33-28)36-26(30(29)34(18)2)16-20(32-36)14-19-12-13-25-23(15-19)22-10-6-7-11-24(22)35(25)21-8-4-3-5-9-21/h3-13,15-17H,14H2,1-2H3. The molecule has 5 aromatic heterocycles. The van der Waals surface area contributed by atoms with E-state index in [-0.39, 0.29) is 0 Å². The zero-order chi connectivity index (χ0) is 24.7. The Bertz CT molecular complexity index is 2140. The normalized spacial score (nSPS) is 12.2. The highest BCUT2D eigenvalue weighted by Crippen LogP contribution is 2.34. The number of benzene rings is 3. The second-order valence-corrected chi connectivity index (χ2v) is 9.61. The van der Waals surface area contributed by atoms with Gasteiger partial charge < -0.3 is 13.7 Å². The number of nitrogens with zero attached hydrogens (tertiary/aromatic N) is 6. The number of imidazole rings is 1. The van der Waals surface area contributed by atoms with Crippen molar-refractivity contribution in [2.24, 2.45) is 7.05 Å². The van der Waals surface area contributed by atoms with Gasteiger partial charge in [-0.15, -0.1) is 0 Å². The van der Waals surface area contributed by atoms with Crippen molar-refractivity contribution in [3.63, 3.8) is 0 Å². The van der Waals surface area contributed by atoms with Crippen molar-refractivity contribution >= 4 is 49.4 Å². The molecule has 0 aliphatic rings. The Morgan fingerprint density at radius 2 is 1.59 bits per heavy atom. The summed E-state index contributed by atoms with van der Waals surface area (Å²) in [6.07, 6.45) is 2.36. The van der Waals surface area contributed by atoms with Crippen molar-refractivity contribution < 1.29 is 4.52 Å². The molecule has 0 aliphatic heterocycles. The number of aromatic nitrogens is 6. The smallest absolute Gasteiger partial charge is 0.160 e. The van der Waals surface area contributed by atoms with E-state index in [1.165, 1.54) is 27.4 Å². The lowest BCUT2D eigenvalue weighted by Crippen LogP contribution is -1.95. The minimum Gasteiger partial charge on any atom is -0.362 e. The molecule has 0 fully saturated rings. The van der Waals surface area contributed by atoms with Gasteiger partial charge in [0.1, 0.15) is 23.1 Å². The Morgan fingerprint density at radius 3 is 2.49 bits per heavy atom. The van der Waals surface area contributed by atoms with Crippen LogP contribution in [0.25, 0.3) is 55.1 Å². The molecule has 0 bridgehead atoms. The second kappa shape index (κ2) is 7.30. The average Bonchev–Trinajstić information content (AvgIpc) is 3.69. The van der Waals surface area contributed by atoms with E-state index in [0.717, 1.165) is 44.8 Å². The molecule has 0 saturated carbocycles. The van der Waals surface area contributed by atoms with Crippen LogP contribution in [0.15, 0.2) is 89.6 Å². The van der Waals surface area contributed by atoms with E-state index in [1.54, 1.807) is 6.26 Å². The van der Waals surface area contributed by atoms with Crippen LogP contribution in [0.2, 0.25) is 0 Å². The summed E-state index contributed by atoms with van der Waals surface area (Å²) < 4.78 is 11.7. The first kappa shape index (κ1) is 20.3. The maximum Gasteiger partial charge on any atom is 0.160 e. The highest BCUT2D eigenvalue weighted by atomic mass is 16.5. The van der Waals surface area contributed by atoms with Gasteiger partial charge in [-0.05, 0) is 48.9 Å². The molecule has 0 saturated heterocycles. The Hall–Kier alpha value is -4.91. The van der Waals surface area contributed by atoms with Crippen LogP contribution in [-0.2, 0) is 13.5 Å². The first-order valence-electron chi connectivity index (χ1n) is 12.3. The van der Waals surface area contributed by atoms with Gasteiger partial charge in [-0.3, -0.25) is 0 Å². The largest absolute Gasteiger partial charge is 0.362 e. The number of pyridine rings is 1. The molecule has 8 rings (SSSR count). The molecule has 7 nitrogen and oxygen atoms in total. The van der Waals surface area contributed by atoms with Crippen LogP contribution in [0.3, 0.4) is 0 Å². The molecular formula is C30H22N6O. The topological polar surface area (TPSA) is 66.1 Å². The second-order valence-electron chi connectivity index (χ2n) is 9.61. The lowest BCUT2D eigenvalue weighted by Gasteiger charge is -2.07. The molecule has 5 heterocycles. The Balaban J connectivity index is 1.31. The molecule has 0 spiro atoms. The zero-order valence-electron chi connectivity index (χ0n) is 20.4. The fraction of sp³-hybridized carbons (Fsp3) is 0.100. The molecule has 3 aromatic carbocycles. The maximum absolute atomic E-state index is 5.32. The zero-order valence-corrected chi connectivity index (χ0v) is 20.4. The van der Waals surface area contributed by atoms with Crippen molar-refractivity contribution in [2.75, 3.05) is 0 Å². The molecule has 0 unspecified atom stereocenters. The summed E-state index contributed by atoms with van der Waals surface area (Å²) in [7, 11) is 2.03. The predicted molar refractivity (Wildman–Crippen MR) is 145 cm³/mol. The summed E-state index contributed by atoms with van der Waals surface area (Å²) >= 11 is 0. The monoisotopic (exact) mass is 482 g/mol. The van der Waals surface area contributed by atoms with E-state index < -0.39 is 0 Å². The number of hydrogen-bond donors (Lipinski definition) is 0. The molecule has 0 atom stereocenters. The van der Waals surface area contributed by atoms with Gasteiger partial charge in [-0.25, -0.2) is 9.50 Å². The molecule has 7 heteroatoms. The average molecular weight is 483 g/mol. The van der Waals surface area contributed by atoms with Crippen LogP contribution in [0.5, 0.6) is 0 Å². The van der Waals surface area contributed by atoms with Crippen molar-refractivity contribution in [1.82, 2.24) is 28.9 Å². The fourth-order valence-electron chi connectivity index (χ4n) is 5.68. The van der Waals surface area contributed by atoms with Crippen LogP contribution in [0.4, 0.5) is 0 Å². The van der Waals surface area contributed by atoms with Crippen molar-refractivity contribution in [3.8, 4) is 5.69 Å². The van der Waals surface area contributed by atoms with Crippen molar-refractivity contribution in [2.45, 2.75) is 13.3 Å². The van der Waals surface area contributed by atoms with Crippen molar-refractivity contribution in [1.29, 1.82) is 0 Å². The molecule has 178 valence electrons. The first-order chi connectivity index (χ1) is 18.2. The van der Waals surface area contributed by atoms with Gasteiger partial charge in [0.05, 0.1) is 27.8 Å². The number of fused-ring (bicyclic) bond motifs is 9. The lowest BCUT2D eigenvalue weighted by atomic mass is 10.1. The van der Waals surface area contributed by atoms with Crippen LogP contribution in [0, 0.1) is 6.92 Å². The third-order valence-corrected chi connectivity index (χ3v) is 7.46. The van der Waals surface area contributed by atoms with E-state index in [0.29, 0.717) is 6.42 Å². The van der Waals surface area contributed by atoms with E-state index >= 15 is 0 Å². The van der Waals surface area contributed by atoms with Crippen LogP contribution in [-0.4, -0.2) is 28.9 Å². The molecule has 37 heavy (non-hydrogen) atoms. The van der Waals surface area contributed by atoms with E-state index in [4.69, 9.17) is 14.6 Å². The minimum absolute atomic E-state index is 0.716. The highest BCUT2D eigenvalue weighted by Gasteiger charge is 2.20. The van der Waals surface area contributed by atoms with Gasteiger partial charge >= 0.3 is 0 Å². The maximum atomic E-state index is 5.32. The van der Waals surface area contributed by atoms with Crippen LogP contribution < -0.4 is 0 Å². The molecule has 0 amide bonds. The molecule has 8 aromatic rings. The number of aryl methyl sites for hydroxylation is 2. The van der Waals surface area contributed by atoms with Gasteiger partial charge in [0.25, 0.3) is 0 Å². The summed E-state index contributed by atoms with van der Waals surface area (Å²) in [5.74, 6) is 0.926. The molecular weight excluding hydrogens is 460 g/mol. The van der Waals surface area contributed by atoms with Gasteiger partial charge in [-0.1, -0.05) is 47.6 Å². The summed E-state index contributed by atoms with van der Waals surface area (Å²) in [5, 5.41) is 11.7. The Kier molecular flexibility index (Phi) is 4.01. The molecule has 0 N–H and O–H groups in total. The van der Waals surface area contributed by atoms with E-state index in [9.17, 15) is 0 Å². The summed E-state index contributed by atoms with van der Waals surface area (Å²) in [6, 6.07) is 28.0. The first-order valence-corrected chi connectivity index (χ1v) is 12.3. The van der Waals surface area contributed by atoms with Gasteiger partial charge in [-0.2, -0.15) is 5.10 Å². The summed E-state index contributed by atoms with van der Waals surface area (Å²) in [4.78, 5) is 4.74. The highest BCUT2D eigenvalue weighted by molar-refractivity contribution is 6.09. The van der Waals surface area contributed by atoms with Crippen LogP contribution in [0.1, 0.15) is 17.1 Å². The molecule has 0 radical (unpaired) electrons. The summed E-state index contributed by atoms with van der Waals surface area (Å²) in [5.41, 5.74) is 10.2. The Labute approximate surface area is 211 Å².